The van der Waals surface area contributed by atoms with Gasteiger partial charge in [-0.2, -0.15) is 12.6 Å². The Kier molecular flexibility index (Phi) is 3.78. The molecule has 0 rings (SSSR count). The van der Waals surface area contributed by atoms with Crippen LogP contribution in [0.5, 0.6) is 0 Å². The Hall–Kier alpha value is 0.375. The fraction of sp³-hybridized carbons (Fsp3) is 1.00. The van der Waals surface area contributed by atoms with Crippen molar-refractivity contribution in [3.8, 4) is 0 Å². The second-order valence-electron chi connectivity index (χ2n) is 1.35. The first-order chi connectivity index (χ1) is 2.81. The Morgan fingerprint density at radius 1 is 1.83 bits per heavy atom. The molecular formula is C3H10BNS. The minimum atomic E-state index is 0.299. The van der Waals surface area contributed by atoms with Gasteiger partial charge in [-0.3, -0.25) is 0 Å². The van der Waals surface area contributed by atoms with E-state index in [0.717, 1.165) is 12.1 Å². The minimum Gasteiger partial charge on any atom is -0.328 e. The number of hydrogen-bond acceptors (Lipinski definition) is 2. The first kappa shape index (κ1) is 6.37. The molecule has 36 valence electrons. The lowest BCUT2D eigenvalue weighted by Crippen LogP contribution is -2.20. The van der Waals surface area contributed by atoms with Gasteiger partial charge in [-0.05, 0) is 0 Å². The van der Waals surface area contributed by atoms with Crippen molar-refractivity contribution >= 4 is 20.5 Å². The maximum atomic E-state index is 5.40. The van der Waals surface area contributed by atoms with Gasteiger partial charge in [-0.1, -0.05) is 6.32 Å². The van der Waals surface area contributed by atoms with Crippen molar-refractivity contribution in [2.45, 2.75) is 12.4 Å². The topological polar surface area (TPSA) is 26.0 Å². The Balaban J connectivity index is 2.75. The predicted molar refractivity (Wildman–Crippen MR) is 35.2 cm³/mol. The van der Waals surface area contributed by atoms with E-state index in [-0.39, 0.29) is 0 Å². The normalized spacial score (nSPS) is 14.3. The molecule has 0 saturated heterocycles. The van der Waals surface area contributed by atoms with Crippen LogP contribution in [0.4, 0.5) is 0 Å². The third kappa shape index (κ3) is 2.60. The van der Waals surface area contributed by atoms with Crippen LogP contribution in [-0.2, 0) is 0 Å². The largest absolute Gasteiger partial charge is 0.328 e. The predicted octanol–water partition coefficient (Wildman–Crippen LogP) is -0.705. The Bertz CT molecular complexity index is 30.0. The third-order valence-electron chi connectivity index (χ3n) is 0.759. The molecule has 0 saturated carbocycles. The molecule has 0 aromatic heterocycles. The molecular weight excluding hydrogens is 92.9 g/mol. The maximum Gasteiger partial charge on any atom is 0.103 e. The van der Waals surface area contributed by atoms with Crippen LogP contribution in [0.15, 0.2) is 0 Å². The van der Waals surface area contributed by atoms with Gasteiger partial charge in [0.1, 0.15) is 7.85 Å². The van der Waals surface area contributed by atoms with Crippen LogP contribution in [-0.4, -0.2) is 19.6 Å². The SMILES string of the molecule is BCC(N)CS. The number of hydrogen-bond donors (Lipinski definition) is 2. The third-order valence-corrected chi connectivity index (χ3v) is 1.23. The zero-order chi connectivity index (χ0) is 4.99. The standard InChI is InChI=1S/C3H10BNS/c4-1-3(5)2-6/h3,6H,1-2,4-5H2. The van der Waals surface area contributed by atoms with Crippen LogP contribution in [0.1, 0.15) is 0 Å². The fourth-order valence-corrected chi connectivity index (χ4v) is 0.387. The molecule has 1 atom stereocenters. The zero-order valence-electron chi connectivity index (χ0n) is 4.02. The molecule has 1 nitrogen and oxygen atoms in total. The molecule has 0 amide bonds. The van der Waals surface area contributed by atoms with Crippen molar-refractivity contribution in [3.05, 3.63) is 0 Å². The average Bonchev–Trinajstić information content (AvgIpc) is 1.65. The highest BCUT2D eigenvalue weighted by molar-refractivity contribution is 7.80. The first-order valence-electron chi connectivity index (χ1n) is 2.17. The van der Waals surface area contributed by atoms with Gasteiger partial charge in [0.25, 0.3) is 0 Å². The lowest BCUT2D eigenvalue weighted by Gasteiger charge is -1.99. The van der Waals surface area contributed by atoms with Crippen molar-refractivity contribution < 1.29 is 0 Å². The van der Waals surface area contributed by atoms with Crippen LogP contribution in [0, 0.1) is 0 Å². The summed E-state index contributed by atoms with van der Waals surface area (Å²) in [4.78, 5) is 0. The van der Waals surface area contributed by atoms with Crippen molar-refractivity contribution in [1.29, 1.82) is 0 Å². The van der Waals surface area contributed by atoms with Gasteiger partial charge in [0.15, 0.2) is 0 Å². The average molecular weight is 103 g/mol. The second-order valence-corrected chi connectivity index (χ2v) is 1.72. The number of rotatable bonds is 2. The molecule has 0 aliphatic rings. The quantitative estimate of drug-likeness (QED) is 0.350. The molecule has 6 heavy (non-hydrogen) atoms. The Morgan fingerprint density at radius 2 is 2.33 bits per heavy atom. The molecule has 3 heteroatoms. The van der Waals surface area contributed by atoms with Crippen molar-refractivity contribution in [2.24, 2.45) is 5.73 Å². The summed E-state index contributed by atoms with van der Waals surface area (Å²) in [5, 5.41) is 0. The second kappa shape index (κ2) is 3.56. The molecule has 0 aliphatic carbocycles. The summed E-state index contributed by atoms with van der Waals surface area (Å²) in [6.45, 7) is 0. The van der Waals surface area contributed by atoms with Gasteiger partial charge in [0.2, 0.25) is 0 Å². The summed E-state index contributed by atoms with van der Waals surface area (Å²) in [5.74, 6) is 0.802. The molecule has 0 bridgehead atoms. The van der Waals surface area contributed by atoms with Crippen LogP contribution in [0.3, 0.4) is 0 Å². The van der Waals surface area contributed by atoms with E-state index in [2.05, 4.69) is 20.5 Å². The summed E-state index contributed by atoms with van der Waals surface area (Å²) in [6, 6.07) is 0.299. The van der Waals surface area contributed by atoms with E-state index in [1.54, 1.807) is 0 Å². The minimum absolute atomic E-state index is 0.299. The van der Waals surface area contributed by atoms with E-state index in [0.29, 0.717) is 6.04 Å². The van der Waals surface area contributed by atoms with Crippen molar-refractivity contribution in [1.82, 2.24) is 0 Å². The fourth-order valence-electron chi connectivity index (χ4n) is 0.129. The van der Waals surface area contributed by atoms with Gasteiger partial charge in [0, 0.05) is 11.8 Å². The lowest BCUT2D eigenvalue weighted by molar-refractivity contribution is 0.848. The molecule has 0 spiro atoms. The molecule has 0 radical (unpaired) electrons. The summed E-state index contributed by atoms with van der Waals surface area (Å²) >= 11 is 3.97. The van der Waals surface area contributed by atoms with Crippen LogP contribution in [0.25, 0.3) is 0 Å². The lowest BCUT2D eigenvalue weighted by atomic mass is 9.99. The maximum absolute atomic E-state index is 5.40. The zero-order valence-corrected chi connectivity index (χ0v) is 4.91. The van der Waals surface area contributed by atoms with Gasteiger partial charge in [-0.15, -0.1) is 0 Å². The molecule has 0 aromatic rings. The number of nitrogens with two attached hydrogens (primary N) is 1. The summed E-state index contributed by atoms with van der Waals surface area (Å²) in [5.41, 5.74) is 5.40. The van der Waals surface area contributed by atoms with Gasteiger partial charge in [-0.25, -0.2) is 0 Å². The van der Waals surface area contributed by atoms with E-state index < -0.39 is 0 Å². The van der Waals surface area contributed by atoms with Gasteiger partial charge >= 0.3 is 0 Å². The van der Waals surface area contributed by atoms with Crippen LogP contribution < -0.4 is 5.73 Å². The highest BCUT2D eigenvalue weighted by Gasteiger charge is 1.89. The van der Waals surface area contributed by atoms with E-state index >= 15 is 0 Å². The molecule has 1 unspecified atom stereocenters. The van der Waals surface area contributed by atoms with Gasteiger partial charge < -0.3 is 5.73 Å². The molecule has 2 N–H and O–H groups in total. The highest BCUT2D eigenvalue weighted by Crippen LogP contribution is 1.84. The monoisotopic (exact) mass is 103 g/mol. The van der Waals surface area contributed by atoms with E-state index in [4.69, 9.17) is 5.73 Å². The van der Waals surface area contributed by atoms with Crippen molar-refractivity contribution in [3.63, 3.8) is 0 Å². The summed E-state index contributed by atoms with van der Waals surface area (Å²) < 4.78 is 0. The molecule has 0 aromatic carbocycles. The Labute approximate surface area is 45.1 Å². The molecule has 0 fully saturated rings. The van der Waals surface area contributed by atoms with Gasteiger partial charge in [0.05, 0.1) is 0 Å². The number of thiol groups is 1. The highest BCUT2D eigenvalue weighted by atomic mass is 32.1. The van der Waals surface area contributed by atoms with Crippen molar-refractivity contribution in [2.75, 3.05) is 5.75 Å². The van der Waals surface area contributed by atoms with Crippen LogP contribution in [0.2, 0.25) is 6.32 Å². The first-order valence-corrected chi connectivity index (χ1v) is 2.81. The summed E-state index contributed by atoms with van der Waals surface area (Å²) in [6.07, 6.45) is 1.03. The smallest absolute Gasteiger partial charge is 0.103 e. The van der Waals surface area contributed by atoms with E-state index in [1.807, 2.05) is 0 Å². The van der Waals surface area contributed by atoms with Crippen LogP contribution >= 0.6 is 12.6 Å². The molecule has 0 heterocycles. The van der Waals surface area contributed by atoms with E-state index in [9.17, 15) is 0 Å². The summed E-state index contributed by atoms with van der Waals surface area (Å²) in [7, 11) is 2.06. The Morgan fingerprint density at radius 3 is 2.33 bits per heavy atom. The molecule has 0 aliphatic heterocycles. The van der Waals surface area contributed by atoms with E-state index in [1.165, 1.54) is 0 Å².